The van der Waals surface area contributed by atoms with Crippen LogP contribution in [0.4, 0.5) is 29.1 Å². The van der Waals surface area contributed by atoms with Crippen LogP contribution in [0.3, 0.4) is 0 Å². The van der Waals surface area contributed by atoms with Gasteiger partial charge >= 0.3 is 6.18 Å². The molecule has 0 bridgehead atoms. The number of imidazole rings is 1. The lowest BCUT2D eigenvalue weighted by atomic mass is 10.1. The van der Waals surface area contributed by atoms with E-state index in [-0.39, 0.29) is 24.3 Å². The summed E-state index contributed by atoms with van der Waals surface area (Å²) in [6.45, 7) is 1.18. The molecule has 1 saturated heterocycles. The molecule has 0 unspecified atom stereocenters. The first kappa shape index (κ1) is 24.2. The number of nitrogens with one attached hydrogen (secondary N) is 1. The highest BCUT2D eigenvalue weighted by atomic mass is 19.4. The highest BCUT2D eigenvalue weighted by Gasteiger charge is 2.36. The van der Waals surface area contributed by atoms with Gasteiger partial charge in [0.15, 0.2) is 5.65 Å². The Morgan fingerprint density at radius 2 is 1.59 bits per heavy atom. The van der Waals surface area contributed by atoms with Crippen molar-refractivity contribution in [2.24, 2.45) is 0 Å². The second kappa shape index (κ2) is 9.52. The molecule has 2 amide bonds. The minimum Gasteiger partial charge on any atom is -0.352 e. The summed E-state index contributed by atoms with van der Waals surface area (Å²) in [5.74, 6) is -0.996. The van der Waals surface area contributed by atoms with E-state index < -0.39 is 29.4 Å². The molecule has 2 aromatic carbocycles. The molecule has 1 aliphatic heterocycles. The molecular weight excluding hydrogens is 492 g/mol. The minimum absolute atomic E-state index is 0.118. The van der Waals surface area contributed by atoms with Crippen LogP contribution in [0.15, 0.2) is 66.9 Å². The monoisotopic (exact) mass is 512 g/mol. The van der Waals surface area contributed by atoms with Crippen LogP contribution >= 0.6 is 0 Å². The molecule has 0 saturated carbocycles. The number of benzene rings is 2. The fourth-order valence-electron chi connectivity index (χ4n) is 4.10. The molecule has 190 valence electrons. The Morgan fingerprint density at radius 3 is 2.30 bits per heavy atom. The summed E-state index contributed by atoms with van der Waals surface area (Å²) >= 11 is 0. The normalized spacial score (nSPS) is 14.2. The van der Waals surface area contributed by atoms with Crippen molar-refractivity contribution in [1.82, 2.24) is 19.5 Å². The van der Waals surface area contributed by atoms with Gasteiger partial charge in [0.25, 0.3) is 11.8 Å². The van der Waals surface area contributed by atoms with Crippen LogP contribution in [-0.4, -0.2) is 57.5 Å². The van der Waals surface area contributed by atoms with Crippen molar-refractivity contribution in [3.63, 3.8) is 0 Å². The van der Waals surface area contributed by atoms with Crippen LogP contribution in [0, 0.1) is 5.82 Å². The van der Waals surface area contributed by atoms with Gasteiger partial charge < -0.3 is 15.1 Å². The Labute approximate surface area is 208 Å². The zero-order valence-electron chi connectivity index (χ0n) is 19.2. The Morgan fingerprint density at radius 1 is 0.892 bits per heavy atom. The first-order chi connectivity index (χ1) is 17.7. The maximum absolute atomic E-state index is 13.3. The first-order valence-corrected chi connectivity index (χ1v) is 11.3. The van der Waals surface area contributed by atoms with Crippen molar-refractivity contribution in [3.8, 4) is 0 Å². The Kier molecular flexibility index (Phi) is 6.24. The number of alkyl halides is 3. The molecule has 8 nitrogen and oxygen atoms in total. The quantitative estimate of drug-likeness (QED) is 0.417. The standard InChI is InChI=1S/C25H20F4N6O2/c26-16-5-7-17(8-6-16)30-23(36)20-15-35-21(31-20)9-10-22(32-35)33-11-13-34(14-12-33)24(37)18-3-1-2-4-19(18)25(27,28)29/h1-10,15H,11-14H2,(H,30,36). The number of nitrogens with zero attached hydrogens (tertiary/aromatic N) is 5. The van der Waals surface area contributed by atoms with E-state index in [1.165, 1.54) is 58.1 Å². The smallest absolute Gasteiger partial charge is 0.352 e. The third-order valence-electron chi connectivity index (χ3n) is 5.99. The third-order valence-corrected chi connectivity index (χ3v) is 5.99. The predicted octanol–water partition coefficient (Wildman–Crippen LogP) is 4.10. The average molecular weight is 512 g/mol. The number of halogens is 4. The number of aromatic nitrogens is 3. The summed E-state index contributed by atoms with van der Waals surface area (Å²) in [5.41, 5.74) is -0.345. The van der Waals surface area contributed by atoms with Crippen LogP contribution < -0.4 is 10.2 Å². The SMILES string of the molecule is O=C(Nc1ccc(F)cc1)c1cn2nc(N3CCN(C(=O)c4ccccc4C(F)(F)F)CC3)ccc2n1. The van der Waals surface area contributed by atoms with E-state index in [1.54, 1.807) is 12.1 Å². The Bertz CT molecular complexity index is 1460. The summed E-state index contributed by atoms with van der Waals surface area (Å²) in [6, 6.07) is 13.5. The zero-order valence-corrected chi connectivity index (χ0v) is 19.2. The number of rotatable bonds is 4. The minimum atomic E-state index is -4.62. The molecule has 2 aromatic heterocycles. The highest BCUT2D eigenvalue weighted by molar-refractivity contribution is 6.03. The van der Waals surface area contributed by atoms with E-state index in [0.29, 0.717) is 30.2 Å². The second-order valence-electron chi connectivity index (χ2n) is 8.40. The average Bonchev–Trinajstić information content (AvgIpc) is 3.33. The lowest BCUT2D eigenvalue weighted by molar-refractivity contribution is -0.138. The number of carbonyl (C=O) groups is 2. The molecule has 0 radical (unpaired) electrons. The van der Waals surface area contributed by atoms with E-state index >= 15 is 0 Å². The fraction of sp³-hybridized carbons (Fsp3) is 0.200. The van der Waals surface area contributed by atoms with Crippen molar-refractivity contribution in [1.29, 1.82) is 0 Å². The molecule has 1 N–H and O–H groups in total. The van der Waals surface area contributed by atoms with Gasteiger partial charge in [-0.15, -0.1) is 5.10 Å². The zero-order chi connectivity index (χ0) is 26.2. The van der Waals surface area contributed by atoms with Gasteiger partial charge in [0.2, 0.25) is 0 Å². The maximum Gasteiger partial charge on any atom is 0.417 e. The summed E-state index contributed by atoms with van der Waals surface area (Å²) in [4.78, 5) is 32.9. The van der Waals surface area contributed by atoms with Gasteiger partial charge in [-0.05, 0) is 48.5 Å². The Balaban J connectivity index is 1.26. The van der Waals surface area contributed by atoms with Crippen molar-refractivity contribution in [3.05, 3.63) is 89.5 Å². The molecule has 0 atom stereocenters. The summed E-state index contributed by atoms with van der Waals surface area (Å²) in [6.07, 6.45) is -3.15. The molecule has 4 aromatic rings. The highest BCUT2D eigenvalue weighted by Crippen LogP contribution is 2.32. The predicted molar refractivity (Wildman–Crippen MR) is 127 cm³/mol. The molecule has 12 heteroatoms. The molecule has 3 heterocycles. The van der Waals surface area contributed by atoms with E-state index in [9.17, 15) is 27.2 Å². The van der Waals surface area contributed by atoms with Crippen LogP contribution in [0.25, 0.3) is 5.65 Å². The molecule has 5 rings (SSSR count). The maximum atomic E-state index is 13.3. The van der Waals surface area contributed by atoms with Crippen molar-refractivity contribution in [2.45, 2.75) is 6.18 Å². The lowest BCUT2D eigenvalue weighted by Crippen LogP contribution is -2.49. The molecular formula is C25H20F4N6O2. The van der Waals surface area contributed by atoms with Gasteiger partial charge in [0.05, 0.1) is 17.3 Å². The number of fused-ring (bicyclic) bond motifs is 1. The third kappa shape index (κ3) is 5.08. The summed E-state index contributed by atoms with van der Waals surface area (Å²) < 4.78 is 54.5. The largest absolute Gasteiger partial charge is 0.417 e. The van der Waals surface area contributed by atoms with Gasteiger partial charge in [-0.25, -0.2) is 13.9 Å². The molecule has 0 aliphatic carbocycles. The van der Waals surface area contributed by atoms with Gasteiger partial charge in [0.1, 0.15) is 17.3 Å². The molecule has 0 spiro atoms. The number of anilines is 2. The van der Waals surface area contributed by atoms with Crippen LogP contribution in [0.2, 0.25) is 0 Å². The van der Waals surface area contributed by atoms with E-state index in [0.717, 1.165) is 6.07 Å². The second-order valence-corrected chi connectivity index (χ2v) is 8.40. The van der Waals surface area contributed by atoms with Gasteiger partial charge in [0, 0.05) is 31.9 Å². The number of amides is 2. The van der Waals surface area contributed by atoms with E-state index in [2.05, 4.69) is 15.4 Å². The number of hydrogen-bond acceptors (Lipinski definition) is 5. The van der Waals surface area contributed by atoms with Crippen molar-refractivity contribution >= 4 is 29.0 Å². The fourth-order valence-corrected chi connectivity index (χ4v) is 4.10. The molecule has 1 aliphatic rings. The number of piperazine rings is 1. The van der Waals surface area contributed by atoms with Crippen molar-refractivity contribution in [2.75, 3.05) is 36.4 Å². The lowest BCUT2D eigenvalue weighted by Gasteiger charge is -2.35. The number of carbonyl (C=O) groups excluding carboxylic acids is 2. The summed E-state index contributed by atoms with van der Waals surface area (Å²) in [5, 5.41) is 7.13. The molecule has 37 heavy (non-hydrogen) atoms. The van der Waals surface area contributed by atoms with E-state index in [4.69, 9.17) is 0 Å². The van der Waals surface area contributed by atoms with Crippen LogP contribution in [0.5, 0.6) is 0 Å². The van der Waals surface area contributed by atoms with E-state index in [1.807, 2.05) is 4.90 Å². The van der Waals surface area contributed by atoms with Crippen LogP contribution in [0.1, 0.15) is 26.4 Å². The summed E-state index contributed by atoms with van der Waals surface area (Å²) in [7, 11) is 0. The molecule has 1 fully saturated rings. The topological polar surface area (TPSA) is 82.8 Å². The van der Waals surface area contributed by atoms with Crippen LogP contribution in [-0.2, 0) is 6.18 Å². The Hall–Kier alpha value is -4.48. The first-order valence-electron chi connectivity index (χ1n) is 11.3. The number of hydrogen-bond donors (Lipinski definition) is 1. The van der Waals surface area contributed by atoms with Gasteiger partial charge in [-0.1, -0.05) is 12.1 Å². The van der Waals surface area contributed by atoms with Gasteiger partial charge in [-0.3, -0.25) is 9.59 Å². The van der Waals surface area contributed by atoms with Crippen molar-refractivity contribution < 1.29 is 27.2 Å². The van der Waals surface area contributed by atoms with Gasteiger partial charge in [-0.2, -0.15) is 13.2 Å².